The molecular weight excluding hydrogens is 298 g/mol. The molecule has 0 aliphatic carbocycles. The Labute approximate surface area is 124 Å². The first kappa shape index (κ1) is 15.6. The highest BCUT2D eigenvalue weighted by Gasteiger charge is 2.32. The van der Waals surface area contributed by atoms with Gasteiger partial charge in [0, 0.05) is 18.8 Å². The Bertz CT molecular complexity index is 568. The molecular formula is C13H19NO4S2. The van der Waals surface area contributed by atoms with Gasteiger partial charge in [-0.25, -0.2) is 8.42 Å². The Balaban J connectivity index is 2.37. The molecule has 0 spiro atoms. The molecule has 1 heterocycles. The van der Waals surface area contributed by atoms with Crippen LogP contribution in [0, 0.1) is 0 Å². The summed E-state index contributed by atoms with van der Waals surface area (Å²) in [7, 11) is -0.529. The Hall–Kier alpha value is -0.760. The van der Waals surface area contributed by atoms with Crippen molar-refractivity contribution in [2.24, 2.45) is 0 Å². The summed E-state index contributed by atoms with van der Waals surface area (Å²) in [6.07, 6.45) is 0.872. The molecule has 0 aromatic heterocycles. The van der Waals surface area contributed by atoms with Crippen LogP contribution in [0.5, 0.6) is 5.75 Å². The van der Waals surface area contributed by atoms with Gasteiger partial charge >= 0.3 is 0 Å². The molecule has 7 heteroatoms. The van der Waals surface area contributed by atoms with E-state index in [1.54, 1.807) is 30.9 Å². The summed E-state index contributed by atoms with van der Waals surface area (Å²) in [5.74, 6) is 2.09. The van der Waals surface area contributed by atoms with Gasteiger partial charge in [0.1, 0.15) is 10.6 Å². The van der Waals surface area contributed by atoms with Crippen LogP contribution in [0.15, 0.2) is 23.1 Å². The predicted molar refractivity (Wildman–Crippen MR) is 79.6 cm³/mol. The van der Waals surface area contributed by atoms with Gasteiger partial charge in [-0.2, -0.15) is 16.1 Å². The first-order valence-electron chi connectivity index (χ1n) is 6.34. The molecule has 112 valence electrons. The fraction of sp³-hybridized carbons (Fsp3) is 0.538. The van der Waals surface area contributed by atoms with E-state index in [-0.39, 0.29) is 23.3 Å². The Morgan fingerprint density at radius 2 is 2.25 bits per heavy atom. The number of nitrogens with zero attached hydrogens (tertiary/aromatic N) is 1. The van der Waals surface area contributed by atoms with E-state index < -0.39 is 10.0 Å². The lowest BCUT2D eigenvalue weighted by Gasteiger charge is -2.24. The molecule has 1 aliphatic heterocycles. The maximum absolute atomic E-state index is 12.7. The highest BCUT2D eigenvalue weighted by molar-refractivity contribution is 7.99. The van der Waals surface area contributed by atoms with Crippen LogP contribution in [0.3, 0.4) is 0 Å². The van der Waals surface area contributed by atoms with Crippen LogP contribution in [-0.4, -0.2) is 49.5 Å². The Kier molecular flexibility index (Phi) is 4.95. The quantitative estimate of drug-likeness (QED) is 0.887. The van der Waals surface area contributed by atoms with E-state index >= 15 is 0 Å². The van der Waals surface area contributed by atoms with E-state index in [0.717, 1.165) is 17.9 Å². The summed E-state index contributed by atoms with van der Waals surface area (Å²) in [4.78, 5) is 0.150. The molecule has 1 aliphatic rings. The van der Waals surface area contributed by atoms with E-state index in [1.165, 1.54) is 17.5 Å². The smallest absolute Gasteiger partial charge is 0.246 e. The zero-order chi connectivity index (χ0) is 14.8. The molecule has 1 fully saturated rings. The van der Waals surface area contributed by atoms with E-state index in [9.17, 15) is 8.42 Å². The number of aliphatic hydroxyl groups is 1. The van der Waals surface area contributed by atoms with Crippen molar-refractivity contribution < 1.29 is 18.3 Å². The topological polar surface area (TPSA) is 66.8 Å². The summed E-state index contributed by atoms with van der Waals surface area (Å²) >= 11 is 1.77. The number of thioether (sulfide) groups is 1. The molecule has 0 saturated carbocycles. The lowest BCUT2D eigenvalue weighted by atomic mass is 10.2. The average Bonchev–Trinajstić information content (AvgIpc) is 2.99. The molecule has 20 heavy (non-hydrogen) atoms. The number of ether oxygens (including phenoxy) is 1. The standard InChI is InChI=1S/C13H19NO4S2/c1-14(11-5-6-19-9-11)20(16,17)13-4-3-10(8-15)7-12(13)18-2/h3-4,7,11,15H,5-6,8-9H2,1-2H3. The number of hydrogen-bond donors (Lipinski definition) is 1. The van der Waals surface area contributed by atoms with E-state index in [0.29, 0.717) is 5.56 Å². The molecule has 5 nitrogen and oxygen atoms in total. The minimum Gasteiger partial charge on any atom is -0.495 e. The van der Waals surface area contributed by atoms with Crippen molar-refractivity contribution in [3.05, 3.63) is 23.8 Å². The highest BCUT2D eigenvalue weighted by atomic mass is 32.2. The van der Waals surface area contributed by atoms with Crippen molar-refractivity contribution in [1.29, 1.82) is 0 Å². The summed E-state index contributed by atoms with van der Waals surface area (Å²) < 4.78 is 31.9. The maximum atomic E-state index is 12.7. The summed E-state index contributed by atoms with van der Waals surface area (Å²) in [6.45, 7) is -0.147. The van der Waals surface area contributed by atoms with E-state index in [1.807, 2.05) is 0 Å². The lowest BCUT2D eigenvalue weighted by molar-refractivity contribution is 0.280. The highest BCUT2D eigenvalue weighted by Crippen LogP contribution is 2.31. The Morgan fingerprint density at radius 1 is 1.50 bits per heavy atom. The van der Waals surface area contributed by atoms with Gasteiger partial charge in [0.25, 0.3) is 0 Å². The predicted octanol–water partition coefficient (Wildman–Crippen LogP) is 1.31. The first-order chi connectivity index (χ1) is 9.50. The number of hydrogen-bond acceptors (Lipinski definition) is 5. The molecule has 2 rings (SSSR count). The summed E-state index contributed by atoms with van der Waals surface area (Å²) in [6, 6.07) is 4.70. The van der Waals surface area contributed by atoms with Gasteiger partial charge < -0.3 is 9.84 Å². The van der Waals surface area contributed by atoms with Crippen LogP contribution >= 0.6 is 11.8 Å². The molecule has 1 saturated heterocycles. The van der Waals surface area contributed by atoms with Gasteiger partial charge in [-0.3, -0.25) is 0 Å². The number of rotatable bonds is 5. The average molecular weight is 317 g/mol. The van der Waals surface area contributed by atoms with Gasteiger partial charge in [-0.15, -0.1) is 0 Å². The van der Waals surface area contributed by atoms with Crippen molar-refractivity contribution >= 4 is 21.8 Å². The second-order valence-electron chi connectivity index (χ2n) is 4.68. The van der Waals surface area contributed by atoms with Crippen molar-refractivity contribution in [2.75, 3.05) is 25.7 Å². The number of aliphatic hydroxyl groups excluding tert-OH is 1. The van der Waals surface area contributed by atoms with Gasteiger partial charge in [-0.05, 0) is 29.9 Å². The third kappa shape index (κ3) is 2.95. The zero-order valence-corrected chi connectivity index (χ0v) is 13.2. The zero-order valence-electron chi connectivity index (χ0n) is 11.6. The molecule has 0 radical (unpaired) electrons. The van der Waals surface area contributed by atoms with Gasteiger partial charge in [-0.1, -0.05) is 6.07 Å². The number of benzene rings is 1. The van der Waals surface area contributed by atoms with Crippen molar-refractivity contribution in [3.63, 3.8) is 0 Å². The fourth-order valence-electron chi connectivity index (χ4n) is 2.18. The molecule has 1 N–H and O–H groups in total. The van der Waals surface area contributed by atoms with Crippen molar-refractivity contribution in [2.45, 2.75) is 24.0 Å². The van der Waals surface area contributed by atoms with Crippen LogP contribution < -0.4 is 4.74 Å². The SMILES string of the molecule is COc1cc(CO)ccc1S(=O)(=O)N(C)C1CCSC1. The summed E-state index contributed by atoms with van der Waals surface area (Å²) in [5.41, 5.74) is 0.625. The van der Waals surface area contributed by atoms with Crippen molar-refractivity contribution in [3.8, 4) is 5.75 Å². The van der Waals surface area contributed by atoms with Crippen molar-refractivity contribution in [1.82, 2.24) is 4.31 Å². The monoisotopic (exact) mass is 317 g/mol. The van der Waals surface area contributed by atoms with Crippen LogP contribution in [-0.2, 0) is 16.6 Å². The summed E-state index contributed by atoms with van der Waals surface area (Å²) in [5, 5.41) is 9.11. The van der Waals surface area contributed by atoms with E-state index in [4.69, 9.17) is 9.84 Å². The molecule has 1 unspecified atom stereocenters. The third-order valence-corrected chi connectivity index (χ3v) is 6.58. The normalized spacial score (nSPS) is 19.5. The van der Waals surface area contributed by atoms with Gasteiger partial charge in [0.2, 0.25) is 10.0 Å². The number of methoxy groups -OCH3 is 1. The van der Waals surface area contributed by atoms with Crippen LogP contribution in [0.1, 0.15) is 12.0 Å². The van der Waals surface area contributed by atoms with Gasteiger partial charge in [0.05, 0.1) is 13.7 Å². The second kappa shape index (κ2) is 6.34. The second-order valence-corrected chi connectivity index (χ2v) is 7.80. The minimum atomic E-state index is -3.58. The van der Waals surface area contributed by atoms with E-state index in [2.05, 4.69) is 0 Å². The fourth-order valence-corrected chi connectivity index (χ4v) is 5.07. The van der Waals surface area contributed by atoms with Crippen LogP contribution in [0.2, 0.25) is 0 Å². The Morgan fingerprint density at radius 3 is 2.80 bits per heavy atom. The number of sulfonamides is 1. The lowest BCUT2D eigenvalue weighted by Crippen LogP contribution is -2.37. The first-order valence-corrected chi connectivity index (χ1v) is 8.93. The van der Waals surface area contributed by atoms with Crippen LogP contribution in [0.4, 0.5) is 0 Å². The van der Waals surface area contributed by atoms with Gasteiger partial charge in [0.15, 0.2) is 0 Å². The largest absolute Gasteiger partial charge is 0.495 e. The van der Waals surface area contributed by atoms with Crippen LogP contribution in [0.25, 0.3) is 0 Å². The molecule has 0 bridgehead atoms. The molecule has 1 atom stereocenters. The maximum Gasteiger partial charge on any atom is 0.246 e. The molecule has 1 aromatic rings. The third-order valence-electron chi connectivity index (χ3n) is 3.49. The minimum absolute atomic E-state index is 0.0345. The molecule has 0 amide bonds. The molecule has 1 aromatic carbocycles.